The van der Waals surface area contributed by atoms with E-state index in [2.05, 4.69) is 56.6 Å². The molecule has 1 aromatic carbocycles. The molecule has 0 bridgehead atoms. The standard InChI is InChI=1S/C27H39N3O3S/c1-6-20(5)16-29(27(32)28-7-2)17-26(31)30-14-12-25-23(13-15-34-25)24(30)18-33-22-10-8-21(9-11-22)19(3)4/h8-11,13,15,19-20,24H,6-7,12,14,16-18H2,1-5H3,(H,28,32)/t20-,24+/m1/s1. The fraction of sp³-hybridized carbons (Fsp3) is 0.556. The largest absolute Gasteiger partial charge is 0.491 e. The Hall–Kier alpha value is -2.54. The van der Waals surface area contributed by atoms with Crippen LogP contribution < -0.4 is 10.1 Å². The van der Waals surface area contributed by atoms with Gasteiger partial charge in [-0.1, -0.05) is 46.2 Å². The molecule has 1 aliphatic rings. The summed E-state index contributed by atoms with van der Waals surface area (Å²) in [6, 6.07) is 9.96. The van der Waals surface area contributed by atoms with Crippen LogP contribution in [0.4, 0.5) is 4.79 Å². The van der Waals surface area contributed by atoms with Crippen LogP contribution in [-0.4, -0.2) is 54.5 Å². The number of thiophene rings is 1. The summed E-state index contributed by atoms with van der Waals surface area (Å²) in [6.07, 6.45) is 1.79. The predicted octanol–water partition coefficient (Wildman–Crippen LogP) is 5.45. The predicted molar refractivity (Wildman–Crippen MR) is 139 cm³/mol. The molecule has 0 unspecified atom stereocenters. The molecular weight excluding hydrogens is 446 g/mol. The van der Waals surface area contributed by atoms with E-state index in [1.807, 2.05) is 24.0 Å². The maximum Gasteiger partial charge on any atom is 0.317 e. The third-order valence-electron chi connectivity index (χ3n) is 6.54. The van der Waals surface area contributed by atoms with Crippen LogP contribution in [-0.2, 0) is 11.2 Å². The highest BCUT2D eigenvalue weighted by Gasteiger charge is 2.33. The number of carbonyl (C=O) groups excluding carboxylic acids is 2. The van der Waals surface area contributed by atoms with Crippen LogP contribution >= 0.6 is 11.3 Å². The van der Waals surface area contributed by atoms with Crippen LogP contribution in [0, 0.1) is 5.92 Å². The molecule has 6 nitrogen and oxygen atoms in total. The maximum atomic E-state index is 13.5. The molecule has 2 heterocycles. The number of ether oxygens (including phenoxy) is 1. The first kappa shape index (κ1) is 26.1. The van der Waals surface area contributed by atoms with Crippen molar-refractivity contribution in [1.29, 1.82) is 0 Å². The first-order valence-corrected chi connectivity index (χ1v) is 13.3. The second-order valence-corrected chi connectivity index (χ2v) is 10.4. The Morgan fingerprint density at radius 1 is 1.18 bits per heavy atom. The first-order chi connectivity index (χ1) is 16.3. The molecule has 0 aliphatic carbocycles. The summed E-state index contributed by atoms with van der Waals surface area (Å²) in [5.41, 5.74) is 2.43. The van der Waals surface area contributed by atoms with Crippen LogP contribution in [0.3, 0.4) is 0 Å². The van der Waals surface area contributed by atoms with E-state index in [1.165, 1.54) is 10.4 Å². The Labute approximate surface area is 208 Å². The van der Waals surface area contributed by atoms with Crippen molar-refractivity contribution in [3.8, 4) is 5.75 Å². The minimum absolute atomic E-state index is 0.0323. The molecule has 1 aromatic heterocycles. The quantitative estimate of drug-likeness (QED) is 0.486. The number of rotatable bonds is 10. The molecule has 2 aromatic rings. The molecule has 3 rings (SSSR count). The molecule has 2 atom stereocenters. The van der Waals surface area contributed by atoms with E-state index in [9.17, 15) is 9.59 Å². The van der Waals surface area contributed by atoms with E-state index in [4.69, 9.17) is 4.74 Å². The van der Waals surface area contributed by atoms with Gasteiger partial charge in [0.05, 0.1) is 6.04 Å². The number of benzene rings is 1. The number of carbonyl (C=O) groups is 2. The summed E-state index contributed by atoms with van der Waals surface area (Å²) < 4.78 is 6.18. The zero-order chi connectivity index (χ0) is 24.7. The van der Waals surface area contributed by atoms with Gasteiger partial charge in [-0.2, -0.15) is 0 Å². The summed E-state index contributed by atoms with van der Waals surface area (Å²) in [6.45, 7) is 12.7. The summed E-state index contributed by atoms with van der Waals surface area (Å²) in [5.74, 6) is 1.57. The van der Waals surface area contributed by atoms with Gasteiger partial charge in [0, 0.05) is 24.5 Å². The molecule has 0 radical (unpaired) electrons. The highest BCUT2D eigenvalue weighted by molar-refractivity contribution is 7.10. The summed E-state index contributed by atoms with van der Waals surface area (Å²) in [4.78, 5) is 31.0. The Morgan fingerprint density at radius 3 is 2.56 bits per heavy atom. The summed E-state index contributed by atoms with van der Waals surface area (Å²) >= 11 is 1.74. The number of nitrogens with one attached hydrogen (secondary N) is 1. The minimum atomic E-state index is -0.178. The molecule has 3 amide bonds. The van der Waals surface area contributed by atoms with Gasteiger partial charge in [0.2, 0.25) is 5.91 Å². The van der Waals surface area contributed by atoms with Gasteiger partial charge >= 0.3 is 6.03 Å². The van der Waals surface area contributed by atoms with Crippen LogP contribution in [0.15, 0.2) is 35.7 Å². The normalized spacial score (nSPS) is 16.2. The van der Waals surface area contributed by atoms with E-state index < -0.39 is 0 Å². The third kappa shape index (κ3) is 6.53. The molecule has 1 aliphatic heterocycles. The molecular formula is C27H39N3O3S. The van der Waals surface area contributed by atoms with Crippen molar-refractivity contribution in [1.82, 2.24) is 15.1 Å². The van der Waals surface area contributed by atoms with Crippen molar-refractivity contribution in [2.75, 3.05) is 32.8 Å². The maximum absolute atomic E-state index is 13.5. The molecule has 7 heteroatoms. The molecule has 0 spiro atoms. The van der Waals surface area contributed by atoms with Gasteiger partial charge in [0.15, 0.2) is 0 Å². The number of hydrogen-bond donors (Lipinski definition) is 1. The topological polar surface area (TPSA) is 61.9 Å². The van der Waals surface area contributed by atoms with Crippen LogP contribution in [0.2, 0.25) is 0 Å². The zero-order valence-electron chi connectivity index (χ0n) is 21.2. The van der Waals surface area contributed by atoms with Gasteiger partial charge in [0.1, 0.15) is 18.9 Å². The van der Waals surface area contributed by atoms with E-state index in [0.717, 1.165) is 24.2 Å². The molecule has 1 N–H and O–H groups in total. The van der Waals surface area contributed by atoms with Gasteiger partial charge in [-0.05, 0) is 59.9 Å². The van der Waals surface area contributed by atoms with Gasteiger partial charge in [0.25, 0.3) is 0 Å². The minimum Gasteiger partial charge on any atom is -0.491 e. The van der Waals surface area contributed by atoms with Crippen molar-refractivity contribution in [3.63, 3.8) is 0 Å². The van der Waals surface area contributed by atoms with Crippen LogP contribution in [0.25, 0.3) is 0 Å². The second kappa shape index (κ2) is 12.2. The lowest BCUT2D eigenvalue weighted by molar-refractivity contribution is -0.135. The highest BCUT2D eigenvalue weighted by Crippen LogP contribution is 2.34. The fourth-order valence-corrected chi connectivity index (χ4v) is 5.17. The zero-order valence-corrected chi connectivity index (χ0v) is 22.0. The van der Waals surface area contributed by atoms with Crippen molar-refractivity contribution in [2.24, 2.45) is 5.92 Å². The Morgan fingerprint density at radius 2 is 1.91 bits per heavy atom. The highest BCUT2D eigenvalue weighted by atomic mass is 32.1. The van der Waals surface area contributed by atoms with Crippen molar-refractivity contribution in [2.45, 2.75) is 59.4 Å². The van der Waals surface area contributed by atoms with Crippen LogP contribution in [0.1, 0.15) is 69.0 Å². The van der Waals surface area contributed by atoms with Gasteiger partial charge in [-0.15, -0.1) is 11.3 Å². The van der Waals surface area contributed by atoms with Gasteiger partial charge in [-0.3, -0.25) is 4.79 Å². The van der Waals surface area contributed by atoms with Crippen molar-refractivity contribution in [3.05, 3.63) is 51.7 Å². The Bertz CT molecular complexity index is 941. The smallest absolute Gasteiger partial charge is 0.317 e. The number of urea groups is 1. The summed E-state index contributed by atoms with van der Waals surface area (Å²) in [5, 5.41) is 4.95. The Balaban J connectivity index is 1.75. The summed E-state index contributed by atoms with van der Waals surface area (Å²) in [7, 11) is 0. The van der Waals surface area contributed by atoms with Gasteiger partial charge < -0.3 is 19.9 Å². The number of hydrogen-bond acceptors (Lipinski definition) is 4. The first-order valence-electron chi connectivity index (χ1n) is 12.4. The van der Waals surface area contributed by atoms with Crippen LogP contribution in [0.5, 0.6) is 5.75 Å². The van der Waals surface area contributed by atoms with E-state index in [-0.39, 0.29) is 24.5 Å². The lowest BCUT2D eigenvalue weighted by atomic mass is 10.00. The van der Waals surface area contributed by atoms with Gasteiger partial charge in [-0.25, -0.2) is 4.79 Å². The SMILES string of the molecule is CCNC(=O)N(CC(=O)N1CCc2sccc2[C@@H]1COc1ccc(C(C)C)cc1)C[C@H](C)CC. The van der Waals surface area contributed by atoms with Crippen molar-refractivity contribution < 1.29 is 14.3 Å². The van der Waals surface area contributed by atoms with Crippen molar-refractivity contribution >= 4 is 23.3 Å². The van der Waals surface area contributed by atoms with E-state index >= 15 is 0 Å². The number of nitrogens with zero attached hydrogens (tertiary/aromatic N) is 2. The molecule has 0 fully saturated rings. The lowest BCUT2D eigenvalue weighted by Crippen LogP contribution is -2.50. The van der Waals surface area contributed by atoms with E-state index in [0.29, 0.717) is 38.1 Å². The average molecular weight is 486 g/mol. The second-order valence-electron chi connectivity index (χ2n) is 9.42. The third-order valence-corrected chi connectivity index (χ3v) is 7.54. The Kier molecular flexibility index (Phi) is 9.39. The molecule has 186 valence electrons. The number of fused-ring (bicyclic) bond motifs is 1. The monoisotopic (exact) mass is 485 g/mol. The average Bonchev–Trinajstić information content (AvgIpc) is 3.31. The molecule has 34 heavy (non-hydrogen) atoms. The molecule has 0 saturated carbocycles. The van der Waals surface area contributed by atoms with E-state index in [1.54, 1.807) is 16.2 Å². The molecule has 0 saturated heterocycles. The fourth-order valence-electron chi connectivity index (χ4n) is 4.24. The lowest BCUT2D eigenvalue weighted by Gasteiger charge is -2.37. The number of amides is 3.